The van der Waals surface area contributed by atoms with Crippen LogP contribution >= 0.6 is 0 Å². The number of ether oxygens (including phenoxy) is 3. The summed E-state index contributed by atoms with van der Waals surface area (Å²) in [6, 6.07) is 3.21. The molecule has 0 saturated heterocycles. The van der Waals surface area contributed by atoms with E-state index in [1.165, 1.54) is 20.3 Å². The zero-order valence-electron chi connectivity index (χ0n) is 15.9. The molecular weight excluding hydrogens is 326 g/mol. The number of esters is 1. The zero-order chi connectivity index (χ0) is 19.5. The van der Waals surface area contributed by atoms with Crippen LogP contribution in [0.1, 0.15) is 12.5 Å². The van der Waals surface area contributed by atoms with Gasteiger partial charge >= 0.3 is 5.97 Å². The first-order chi connectivity index (χ1) is 11.7. The van der Waals surface area contributed by atoms with Gasteiger partial charge in [0.1, 0.15) is 13.2 Å². The van der Waals surface area contributed by atoms with Crippen molar-refractivity contribution in [1.29, 1.82) is 0 Å². The van der Waals surface area contributed by atoms with E-state index in [-0.39, 0.29) is 23.9 Å². The molecule has 0 aliphatic carbocycles. The summed E-state index contributed by atoms with van der Waals surface area (Å²) in [5.41, 5.74) is 0.662. The Balaban J connectivity index is 0.00000178. The Morgan fingerprint density at radius 2 is 1.64 bits per heavy atom. The molecule has 0 aliphatic rings. The fourth-order valence-electron chi connectivity index (χ4n) is 1.64. The van der Waals surface area contributed by atoms with Gasteiger partial charge in [0.2, 0.25) is 5.75 Å². The Bertz CT molecular complexity index is 538. The predicted octanol–water partition coefficient (Wildman–Crippen LogP) is 1.67. The summed E-state index contributed by atoms with van der Waals surface area (Å²) < 4.78 is 16.0. The lowest BCUT2D eigenvalue weighted by atomic mass is 10.1. The van der Waals surface area contributed by atoms with Gasteiger partial charge in [-0.05, 0) is 30.7 Å². The summed E-state index contributed by atoms with van der Waals surface area (Å²) in [6.45, 7) is 3.02. The van der Waals surface area contributed by atoms with Crippen molar-refractivity contribution in [2.75, 3.05) is 55.1 Å². The van der Waals surface area contributed by atoms with Crippen LogP contribution in [0.3, 0.4) is 0 Å². The van der Waals surface area contributed by atoms with E-state index in [9.17, 15) is 9.90 Å². The highest BCUT2D eigenvalue weighted by atomic mass is 16.5. The normalized spacial score (nSPS) is 10.8. The molecule has 0 saturated carbocycles. The molecule has 2 N–H and O–H groups in total. The number of hydrogen-bond donors (Lipinski definition) is 2. The third-order valence-corrected chi connectivity index (χ3v) is 2.92. The maximum Gasteiger partial charge on any atom is 0.330 e. The number of phenols is 1. The molecule has 0 spiro atoms. The molecule has 0 atom stereocenters. The van der Waals surface area contributed by atoms with Crippen molar-refractivity contribution >= 4 is 12.0 Å². The van der Waals surface area contributed by atoms with Gasteiger partial charge in [-0.2, -0.15) is 0 Å². The summed E-state index contributed by atoms with van der Waals surface area (Å²) in [6.07, 6.45) is 2.92. The highest BCUT2D eigenvalue weighted by Crippen LogP contribution is 2.37. The highest BCUT2D eigenvalue weighted by Gasteiger charge is 2.11. The van der Waals surface area contributed by atoms with Crippen molar-refractivity contribution < 1.29 is 33.7 Å². The van der Waals surface area contributed by atoms with Crippen LogP contribution in [0, 0.1) is 0 Å². The molecule has 1 aromatic rings. The summed E-state index contributed by atoms with van der Waals surface area (Å²) >= 11 is 0. The average Bonchev–Trinajstić information content (AvgIpc) is 2.53. The molecule has 0 amide bonds. The number of quaternary nitrogens is 1. The van der Waals surface area contributed by atoms with Gasteiger partial charge in [0.25, 0.3) is 0 Å². The van der Waals surface area contributed by atoms with Gasteiger partial charge in [-0.15, -0.1) is 0 Å². The molecule has 0 heterocycles. The Kier molecular flexibility index (Phi) is 10.3. The van der Waals surface area contributed by atoms with Crippen molar-refractivity contribution in [2.24, 2.45) is 0 Å². The van der Waals surface area contributed by atoms with E-state index in [1.807, 2.05) is 21.1 Å². The van der Waals surface area contributed by atoms with E-state index < -0.39 is 5.97 Å². The largest absolute Gasteiger partial charge is 0.502 e. The van der Waals surface area contributed by atoms with Gasteiger partial charge in [0.15, 0.2) is 11.5 Å². The molecule has 0 fully saturated rings. The van der Waals surface area contributed by atoms with Crippen LogP contribution in [-0.4, -0.2) is 75.8 Å². The number of carbonyl (C=O) groups excluding carboxylic acids is 1. The fourth-order valence-corrected chi connectivity index (χ4v) is 1.64. The number of methoxy groups -OCH3 is 2. The first-order valence-electron chi connectivity index (χ1n) is 7.89. The smallest absolute Gasteiger partial charge is 0.330 e. The average molecular weight is 356 g/mol. The lowest BCUT2D eigenvalue weighted by Gasteiger charge is -2.23. The first-order valence-corrected chi connectivity index (χ1v) is 7.89. The molecule has 0 aliphatic heterocycles. The lowest BCUT2D eigenvalue weighted by Crippen LogP contribution is -2.37. The number of phenolic OH excluding ortho intramolecular Hbond substituents is 1. The van der Waals surface area contributed by atoms with E-state index in [1.54, 1.807) is 25.1 Å². The zero-order valence-corrected chi connectivity index (χ0v) is 15.9. The summed E-state index contributed by atoms with van der Waals surface area (Å²) in [4.78, 5) is 11.7. The summed E-state index contributed by atoms with van der Waals surface area (Å²) in [5, 5.41) is 17.4. The molecule has 1 aromatic carbocycles. The second-order valence-electron chi connectivity index (χ2n) is 6.11. The van der Waals surface area contributed by atoms with Gasteiger partial charge in [-0.1, -0.05) is 0 Å². The van der Waals surface area contributed by atoms with Gasteiger partial charge < -0.3 is 28.9 Å². The Labute approximate surface area is 149 Å². The van der Waals surface area contributed by atoms with Crippen molar-refractivity contribution in [3.8, 4) is 17.2 Å². The molecule has 25 heavy (non-hydrogen) atoms. The minimum Gasteiger partial charge on any atom is -0.502 e. The number of nitrogens with zero attached hydrogens (tertiary/aromatic N) is 1. The van der Waals surface area contributed by atoms with E-state index >= 15 is 0 Å². The molecule has 0 radical (unpaired) electrons. The second kappa shape index (κ2) is 11.3. The standard InChI is InChI=1S/C16H23NO5.C2H6O/c1-17(2,3)8-9-22-15(18)7-6-12-10-13(20-4)16(19)14(11-12)21-5;1-2-3/h6-7,10-11H,8-9H2,1-5H3;3H,2H2,1H3/p+1. The summed E-state index contributed by atoms with van der Waals surface area (Å²) in [7, 11) is 8.97. The quantitative estimate of drug-likeness (QED) is 0.439. The molecule has 0 unspecified atom stereocenters. The molecule has 0 aromatic heterocycles. The van der Waals surface area contributed by atoms with Crippen LogP contribution in [0.4, 0.5) is 0 Å². The van der Waals surface area contributed by atoms with Crippen molar-refractivity contribution in [2.45, 2.75) is 6.92 Å². The molecule has 7 nitrogen and oxygen atoms in total. The molecule has 7 heteroatoms. The van der Waals surface area contributed by atoms with E-state index in [0.717, 1.165) is 11.0 Å². The Hall–Kier alpha value is -2.25. The Morgan fingerprint density at radius 1 is 1.16 bits per heavy atom. The number of likely N-dealkylation sites (N-methyl/N-ethyl adjacent to an activating group) is 1. The van der Waals surface area contributed by atoms with Crippen LogP contribution in [0.15, 0.2) is 18.2 Å². The summed E-state index contributed by atoms with van der Waals surface area (Å²) in [5.74, 6) is 0.0573. The van der Waals surface area contributed by atoms with Crippen LogP contribution in [0.5, 0.6) is 17.2 Å². The maximum absolute atomic E-state index is 11.7. The molecule has 0 bridgehead atoms. The lowest BCUT2D eigenvalue weighted by molar-refractivity contribution is -0.870. The van der Waals surface area contributed by atoms with Crippen molar-refractivity contribution in [1.82, 2.24) is 0 Å². The number of hydrogen-bond acceptors (Lipinski definition) is 6. The number of aromatic hydroxyl groups is 1. The third kappa shape index (κ3) is 9.59. The minimum atomic E-state index is -0.417. The van der Waals surface area contributed by atoms with Gasteiger partial charge in [0.05, 0.1) is 35.4 Å². The number of benzene rings is 1. The number of rotatable bonds is 7. The molecule has 142 valence electrons. The van der Waals surface area contributed by atoms with Crippen LogP contribution in [0.2, 0.25) is 0 Å². The van der Waals surface area contributed by atoms with Gasteiger partial charge in [0, 0.05) is 12.7 Å². The molecular formula is C18H30NO6+. The van der Waals surface area contributed by atoms with Crippen molar-refractivity contribution in [3.05, 3.63) is 23.8 Å². The van der Waals surface area contributed by atoms with E-state index in [2.05, 4.69) is 0 Å². The second-order valence-corrected chi connectivity index (χ2v) is 6.11. The number of aliphatic hydroxyl groups is 1. The van der Waals surface area contributed by atoms with E-state index in [0.29, 0.717) is 12.2 Å². The van der Waals surface area contributed by atoms with Crippen LogP contribution in [-0.2, 0) is 9.53 Å². The van der Waals surface area contributed by atoms with E-state index in [4.69, 9.17) is 19.3 Å². The van der Waals surface area contributed by atoms with Gasteiger partial charge in [-0.25, -0.2) is 4.79 Å². The number of carbonyl (C=O) groups is 1. The highest BCUT2D eigenvalue weighted by molar-refractivity contribution is 5.87. The monoisotopic (exact) mass is 356 g/mol. The van der Waals surface area contributed by atoms with Gasteiger partial charge in [-0.3, -0.25) is 0 Å². The minimum absolute atomic E-state index is 0.0762. The third-order valence-electron chi connectivity index (χ3n) is 2.92. The first kappa shape index (κ1) is 22.8. The maximum atomic E-state index is 11.7. The fraction of sp³-hybridized carbons (Fsp3) is 0.500. The predicted molar refractivity (Wildman–Crippen MR) is 96.9 cm³/mol. The van der Waals surface area contributed by atoms with Crippen LogP contribution in [0.25, 0.3) is 6.08 Å². The number of aliphatic hydroxyl groups excluding tert-OH is 1. The Morgan fingerprint density at radius 3 is 2.04 bits per heavy atom. The topological polar surface area (TPSA) is 85.2 Å². The SMILES string of the molecule is CCO.COc1cc(C=CC(=O)OCC[N+](C)(C)C)cc(OC)c1O. The van der Waals surface area contributed by atoms with Crippen molar-refractivity contribution in [3.63, 3.8) is 0 Å². The van der Waals surface area contributed by atoms with Crippen LogP contribution < -0.4 is 9.47 Å². The molecule has 1 rings (SSSR count).